The maximum Gasteiger partial charge on any atom is 0.509 e. The van der Waals surface area contributed by atoms with Crippen LogP contribution in [0.1, 0.15) is 111 Å². The minimum Gasteiger partial charge on any atom is -0.429 e. The van der Waals surface area contributed by atoms with Crippen LogP contribution in [0.3, 0.4) is 0 Å². The number of halogens is 2. The molecule has 1 aromatic rings. The highest BCUT2D eigenvalue weighted by Gasteiger charge is 2.80. The first-order valence-corrected chi connectivity index (χ1v) is 26.2. The van der Waals surface area contributed by atoms with Gasteiger partial charge in [-0.15, -0.1) is 0 Å². The van der Waals surface area contributed by atoms with E-state index in [9.17, 15) is 48.3 Å². The summed E-state index contributed by atoms with van der Waals surface area (Å²) in [6, 6.07) is 3.27. The standard InChI is InChI=1S/C54H70F2N6O14/c1-6-11-45-75-41-26-34-35-25-37(55)36-24-33(63)20-21-51(36,4)53(35,56)39(64)27-52(34,5)54(41,76-45)40(65)29-74-50(72)73-28-31-14-16-32(17-15-31)59-47(69)38(12-10-22-58-49(57)71)60-48(70)46(30(2)3)61-42(66)13-8-7-9-23-62-43(67)18-19-44(62)68/h14-21,24,30,34-35,37-39,41,45-46,64H,6-13,22-23,25-29H2,1-5H3,(H,59,69)(H,60,70)(H,61,66)(H3,57,58,71)/t34-,35-,37-,38-,39-,41+,45?,46?,51-,52-,53-,54+/m0/s1. The van der Waals surface area contributed by atoms with Crippen LogP contribution in [0.4, 0.5) is 24.1 Å². The number of carbonyl (C=O) groups excluding carboxylic acids is 9. The molecule has 2 unspecified atom stereocenters. The number of nitrogens with two attached hydrogens (primary N) is 1. The molecule has 7 amide bonds. The third kappa shape index (κ3) is 11.3. The summed E-state index contributed by atoms with van der Waals surface area (Å²) < 4.78 is 57.5. The SMILES string of the molecule is CCCC1O[C@@H]2C[C@H]3[C@@H]4C[C@H](F)C5=CC(=O)C=C[C@]5(C)[C@@]4(F)[C@@H](O)C[C@]3(C)[C@]2(C(=O)COC(=O)OCc2ccc(NC(=O)[C@H](CCCNC(N)=O)NC(=O)C(NC(=O)CCCCCN3C(=O)C=CC3=O)C(C)C)cc2)O1. The Hall–Kier alpha value is -6.39. The van der Waals surface area contributed by atoms with Gasteiger partial charge in [0.2, 0.25) is 23.5 Å². The second-order valence-corrected chi connectivity index (χ2v) is 21.5. The molecular formula is C54H70F2N6O14. The predicted octanol–water partition coefficient (Wildman–Crippen LogP) is 4.62. The highest BCUT2D eigenvalue weighted by atomic mass is 19.1. The van der Waals surface area contributed by atoms with Gasteiger partial charge in [0.05, 0.1) is 12.2 Å². The zero-order chi connectivity index (χ0) is 55.3. The van der Waals surface area contributed by atoms with Crippen LogP contribution < -0.4 is 27.0 Å². The van der Waals surface area contributed by atoms with E-state index in [-0.39, 0.29) is 81.5 Å². The van der Waals surface area contributed by atoms with Crippen molar-refractivity contribution in [3.8, 4) is 0 Å². The Morgan fingerprint density at radius 2 is 1.63 bits per heavy atom. The number of Topliss-reactive ketones (excluding diaryl/α,β-unsaturated/α-hetero) is 1. The highest BCUT2D eigenvalue weighted by Crippen LogP contribution is 2.72. The number of imide groups is 1. The molecule has 4 aliphatic carbocycles. The lowest BCUT2D eigenvalue weighted by molar-refractivity contribution is -0.234. The molecule has 3 saturated carbocycles. The molecule has 0 spiro atoms. The average molecular weight is 1070 g/mol. The number of aliphatic hydroxyl groups is 1. The lowest BCUT2D eigenvalue weighted by atomic mass is 9.44. The Morgan fingerprint density at radius 1 is 0.921 bits per heavy atom. The number of ether oxygens (including phenoxy) is 4. The van der Waals surface area contributed by atoms with Gasteiger partial charge in [-0.3, -0.25) is 38.5 Å². The number of rotatable bonds is 23. The normalized spacial score (nSPS) is 30.8. The third-order valence-corrected chi connectivity index (χ3v) is 16.3. The Bertz CT molecular complexity index is 2520. The summed E-state index contributed by atoms with van der Waals surface area (Å²) in [7, 11) is 0. The number of unbranched alkanes of at least 4 members (excludes halogenated alkanes) is 2. The molecule has 12 atom stereocenters. The molecule has 20 nitrogen and oxygen atoms in total. The number of amides is 7. The van der Waals surface area contributed by atoms with Gasteiger partial charge in [-0.2, -0.15) is 0 Å². The molecule has 0 radical (unpaired) electrons. The number of hydrogen-bond acceptors (Lipinski definition) is 14. The summed E-state index contributed by atoms with van der Waals surface area (Å²) in [4.78, 5) is 116. The number of carbonyl (C=O) groups is 9. The molecule has 4 fully saturated rings. The van der Waals surface area contributed by atoms with Crippen molar-refractivity contribution in [3.05, 3.63) is 65.8 Å². The van der Waals surface area contributed by atoms with Gasteiger partial charge in [-0.25, -0.2) is 18.4 Å². The summed E-state index contributed by atoms with van der Waals surface area (Å²) in [5.41, 5.74) is -1.17. The Morgan fingerprint density at radius 3 is 2.30 bits per heavy atom. The van der Waals surface area contributed by atoms with Gasteiger partial charge in [-0.05, 0) is 106 Å². The van der Waals surface area contributed by atoms with Crippen LogP contribution in [0.2, 0.25) is 0 Å². The average Bonchev–Trinajstić information content (AvgIpc) is 4.19. The van der Waals surface area contributed by atoms with Crippen molar-refractivity contribution in [1.29, 1.82) is 0 Å². The van der Waals surface area contributed by atoms with Crippen molar-refractivity contribution in [3.63, 3.8) is 0 Å². The maximum absolute atomic E-state index is 17.9. The van der Waals surface area contributed by atoms with Crippen molar-refractivity contribution >= 4 is 59.0 Å². The summed E-state index contributed by atoms with van der Waals surface area (Å²) in [5, 5.41) is 22.5. The number of nitrogens with zero attached hydrogens (tertiary/aromatic N) is 1. The van der Waals surface area contributed by atoms with Crippen molar-refractivity contribution < 1.29 is 76.0 Å². The lowest BCUT2D eigenvalue weighted by Crippen LogP contribution is -2.71. The zero-order valence-corrected chi connectivity index (χ0v) is 43.5. The molecule has 7 N–H and O–H groups in total. The first kappa shape index (κ1) is 57.3. The number of aliphatic hydroxyl groups excluding tert-OH is 1. The number of urea groups is 1. The smallest absolute Gasteiger partial charge is 0.429 e. The molecule has 76 heavy (non-hydrogen) atoms. The predicted molar refractivity (Wildman–Crippen MR) is 267 cm³/mol. The second-order valence-electron chi connectivity index (χ2n) is 21.5. The molecule has 7 rings (SSSR count). The van der Waals surface area contributed by atoms with E-state index in [0.717, 1.165) is 11.0 Å². The molecular weight excluding hydrogens is 995 g/mol. The molecule has 2 heterocycles. The Labute approximate surface area is 439 Å². The molecule has 22 heteroatoms. The van der Waals surface area contributed by atoms with Gasteiger partial charge in [-0.1, -0.05) is 58.7 Å². The van der Waals surface area contributed by atoms with Gasteiger partial charge in [0, 0.05) is 54.1 Å². The van der Waals surface area contributed by atoms with E-state index in [1.54, 1.807) is 32.9 Å². The van der Waals surface area contributed by atoms with Crippen molar-refractivity contribution in [2.75, 3.05) is 25.0 Å². The molecule has 1 aromatic carbocycles. The first-order chi connectivity index (χ1) is 36.0. The molecule has 1 saturated heterocycles. The first-order valence-electron chi connectivity index (χ1n) is 26.2. The topological polar surface area (TPSA) is 288 Å². The number of allylic oxidation sites excluding steroid dienone is 4. The summed E-state index contributed by atoms with van der Waals surface area (Å²) in [6.45, 7) is 7.79. The van der Waals surface area contributed by atoms with E-state index < -0.39 is 119 Å². The van der Waals surface area contributed by atoms with Crippen LogP contribution in [0, 0.1) is 28.6 Å². The number of alkyl halides is 2. The van der Waals surface area contributed by atoms with Gasteiger partial charge >= 0.3 is 12.2 Å². The molecule has 6 aliphatic rings. The van der Waals surface area contributed by atoms with E-state index >= 15 is 8.78 Å². The quantitative estimate of drug-likeness (QED) is 0.0496. The fraction of sp³-hybridized carbons (Fsp3) is 0.611. The van der Waals surface area contributed by atoms with E-state index in [2.05, 4.69) is 21.3 Å². The minimum absolute atomic E-state index is 0.0257. The van der Waals surface area contributed by atoms with Crippen LogP contribution in [-0.4, -0.2) is 131 Å². The zero-order valence-electron chi connectivity index (χ0n) is 43.5. The highest BCUT2D eigenvalue weighted by molar-refractivity contribution is 6.12. The number of hydrogen-bond donors (Lipinski definition) is 6. The van der Waals surface area contributed by atoms with Crippen LogP contribution >= 0.6 is 0 Å². The summed E-state index contributed by atoms with van der Waals surface area (Å²) in [6.07, 6.45) is 2.18. The fourth-order valence-electron chi connectivity index (χ4n) is 12.4. The van der Waals surface area contributed by atoms with Gasteiger partial charge in [0.15, 0.2) is 29.9 Å². The van der Waals surface area contributed by atoms with Crippen LogP contribution in [-0.2, 0) is 59.1 Å². The number of ketones is 2. The number of anilines is 1. The summed E-state index contributed by atoms with van der Waals surface area (Å²) in [5.74, 6) is -5.71. The van der Waals surface area contributed by atoms with Gasteiger partial charge in [0.25, 0.3) is 11.8 Å². The molecule has 2 aliphatic heterocycles. The number of benzene rings is 1. The van der Waals surface area contributed by atoms with Crippen molar-refractivity contribution in [1.82, 2.24) is 20.9 Å². The fourth-order valence-corrected chi connectivity index (χ4v) is 12.4. The van der Waals surface area contributed by atoms with E-state index in [1.165, 1.54) is 43.4 Å². The van der Waals surface area contributed by atoms with E-state index in [4.69, 9.17) is 24.7 Å². The van der Waals surface area contributed by atoms with Crippen molar-refractivity contribution in [2.24, 2.45) is 34.3 Å². The molecule has 0 bridgehead atoms. The van der Waals surface area contributed by atoms with Crippen molar-refractivity contribution in [2.45, 2.75) is 160 Å². The van der Waals surface area contributed by atoms with Gasteiger partial charge < -0.3 is 51.1 Å². The van der Waals surface area contributed by atoms with Crippen LogP contribution in [0.15, 0.2) is 60.2 Å². The van der Waals surface area contributed by atoms with E-state index in [0.29, 0.717) is 43.4 Å². The molecule has 414 valence electrons. The second kappa shape index (κ2) is 23.5. The van der Waals surface area contributed by atoms with Gasteiger partial charge in [0.1, 0.15) is 24.9 Å². The number of fused-ring (bicyclic) bond motifs is 7. The number of primary amides is 1. The molecule has 0 aromatic heterocycles. The van der Waals surface area contributed by atoms with E-state index in [1.807, 2.05) is 6.92 Å². The third-order valence-electron chi connectivity index (χ3n) is 16.3. The van der Waals surface area contributed by atoms with Crippen LogP contribution in [0.5, 0.6) is 0 Å². The Kier molecular flexibility index (Phi) is 17.7. The van der Waals surface area contributed by atoms with Crippen LogP contribution in [0.25, 0.3) is 0 Å². The lowest BCUT2D eigenvalue weighted by Gasteiger charge is -2.63. The Balaban J connectivity index is 0.931. The monoisotopic (exact) mass is 1060 g/mol. The number of nitrogens with one attached hydrogen (secondary N) is 4. The maximum atomic E-state index is 17.9. The largest absolute Gasteiger partial charge is 0.509 e. The summed E-state index contributed by atoms with van der Waals surface area (Å²) >= 11 is 0. The minimum atomic E-state index is -2.39.